The summed E-state index contributed by atoms with van der Waals surface area (Å²) in [5.74, 6) is 0.753. The summed E-state index contributed by atoms with van der Waals surface area (Å²) >= 11 is 3.49. The van der Waals surface area contributed by atoms with Crippen molar-refractivity contribution in [2.75, 3.05) is 11.4 Å². The number of benzene rings is 1. The van der Waals surface area contributed by atoms with Gasteiger partial charge in [-0.25, -0.2) is 0 Å². The molecule has 104 valence electrons. The highest BCUT2D eigenvalue weighted by molar-refractivity contribution is 9.10. The quantitative estimate of drug-likeness (QED) is 0.378. The molecule has 0 spiro atoms. The third-order valence-corrected chi connectivity index (χ3v) is 3.87. The maximum absolute atomic E-state index is 8.74. The van der Waals surface area contributed by atoms with Gasteiger partial charge in [-0.1, -0.05) is 19.0 Å². The van der Waals surface area contributed by atoms with Crippen LogP contribution in [0, 0.1) is 5.92 Å². The van der Waals surface area contributed by atoms with Crippen molar-refractivity contribution < 1.29 is 5.21 Å². The first-order chi connectivity index (χ1) is 9.02. The minimum absolute atomic E-state index is 0.125. The van der Waals surface area contributed by atoms with E-state index in [0.717, 1.165) is 11.0 Å². The van der Waals surface area contributed by atoms with Crippen LogP contribution in [0.5, 0.6) is 0 Å². The summed E-state index contributed by atoms with van der Waals surface area (Å²) in [6.07, 6.45) is 2.54. The van der Waals surface area contributed by atoms with Gasteiger partial charge >= 0.3 is 0 Å². The maximum atomic E-state index is 8.74. The molecule has 1 saturated carbocycles. The van der Waals surface area contributed by atoms with E-state index in [0.29, 0.717) is 17.5 Å². The second-order valence-electron chi connectivity index (χ2n) is 5.43. The van der Waals surface area contributed by atoms with Gasteiger partial charge in [0.15, 0.2) is 5.84 Å². The number of hydrogen-bond donors (Lipinski definition) is 2. The van der Waals surface area contributed by atoms with Gasteiger partial charge in [-0.05, 0) is 52.9 Å². The molecule has 1 aromatic carbocycles. The van der Waals surface area contributed by atoms with Crippen molar-refractivity contribution in [3.05, 3.63) is 28.2 Å². The molecule has 0 radical (unpaired) electrons. The molecule has 0 saturated heterocycles. The monoisotopic (exact) mass is 325 g/mol. The molecular formula is C14H20BrN3O. The largest absolute Gasteiger partial charge is 0.409 e. The number of hydrogen-bond acceptors (Lipinski definition) is 3. The second-order valence-corrected chi connectivity index (χ2v) is 6.28. The van der Waals surface area contributed by atoms with E-state index in [4.69, 9.17) is 10.9 Å². The zero-order valence-electron chi connectivity index (χ0n) is 11.3. The topological polar surface area (TPSA) is 61.8 Å². The zero-order valence-corrected chi connectivity index (χ0v) is 12.9. The Balaban J connectivity index is 2.26. The number of anilines is 1. The van der Waals surface area contributed by atoms with Crippen LogP contribution in [0.25, 0.3) is 0 Å². The van der Waals surface area contributed by atoms with Crippen LogP contribution in [0.15, 0.2) is 27.8 Å². The van der Waals surface area contributed by atoms with Crippen molar-refractivity contribution in [2.24, 2.45) is 16.8 Å². The van der Waals surface area contributed by atoms with Gasteiger partial charge < -0.3 is 15.8 Å². The first-order valence-corrected chi connectivity index (χ1v) is 7.36. The van der Waals surface area contributed by atoms with E-state index in [1.807, 2.05) is 18.2 Å². The molecule has 0 amide bonds. The van der Waals surface area contributed by atoms with Crippen molar-refractivity contribution in [3.8, 4) is 0 Å². The molecule has 0 aliphatic heterocycles. The summed E-state index contributed by atoms with van der Waals surface area (Å²) in [5.41, 5.74) is 7.54. The molecule has 0 heterocycles. The summed E-state index contributed by atoms with van der Waals surface area (Å²) in [5, 5.41) is 11.8. The van der Waals surface area contributed by atoms with Crippen LogP contribution in [0.3, 0.4) is 0 Å². The van der Waals surface area contributed by atoms with Gasteiger partial charge in [0, 0.05) is 28.3 Å². The molecule has 1 fully saturated rings. The first kappa shape index (κ1) is 14.2. The van der Waals surface area contributed by atoms with Gasteiger partial charge in [0.2, 0.25) is 0 Å². The number of rotatable bonds is 5. The third-order valence-electron chi connectivity index (χ3n) is 3.22. The predicted octanol–water partition coefficient (Wildman–Crippen LogP) is 3.17. The smallest absolute Gasteiger partial charge is 0.171 e. The molecule has 4 nitrogen and oxygen atoms in total. The Hall–Kier alpha value is -1.23. The Labute approximate surface area is 122 Å². The molecule has 0 bridgehead atoms. The molecule has 19 heavy (non-hydrogen) atoms. The lowest BCUT2D eigenvalue weighted by Gasteiger charge is -2.27. The van der Waals surface area contributed by atoms with Crippen molar-refractivity contribution in [1.82, 2.24) is 0 Å². The van der Waals surface area contributed by atoms with E-state index < -0.39 is 0 Å². The number of oxime groups is 1. The van der Waals surface area contributed by atoms with Crippen molar-refractivity contribution in [3.63, 3.8) is 0 Å². The summed E-state index contributed by atoms with van der Waals surface area (Å²) in [7, 11) is 0. The lowest BCUT2D eigenvalue weighted by molar-refractivity contribution is 0.318. The second kappa shape index (κ2) is 5.82. The van der Waals surface area contributed by atoms with Crippen molar-refractivity contribution in [1.29, 1.82) is 0 Å². The van der Waals surface area contributed by atoms with Gasteiger partial charge in [0.1, 0.15) is 0 Å². The predicted molar refractivity (Wildman–Crippen MR) is 81.9 cm³/mol. The average Bonchev–Trinajstić information content (AvgIpc) is 3.19. The van der Waals surface area contributed by atoms with Crippen LogP contribution in [0.4, 0.5) is 5.69 Å². The Morgan fingerprint density at radius 1 is 1.53 bits per heavy atom. The van der Waals surface area contributed by atoms with Gasteiger partial charge in [-0.3, -0.25) is 0 Å². The first-order valence-electron chi connectivity index (χ1n) is 6.57. The van der Waals surface area contributed by atoms with E-state index in [2.05, 4.69) is 39.8 Å². The fourth-order valence-corrected chi connectivity index (χ4v) is 2.76. The molecule has 5 heteroatoms. The molecule has 0 unspecified atom stereocenters. The lowest BCUT2D eigenvalue weighted by atomic mass is 10.1. The highest BCUT2D eigenvalue weighted by Crippen LogP contribution is 2.34. The number of nitrogens with two attached hydrogens (primary N) is 1. The van der Waals surface area contributed by atoms with E-state index in [-0.39, 0.29) is 5.84 Å². The van der Waals surface area contributed by atoms with Crippen LogP contribution in [0.1, 0.15) is 32.3 Å². The van der Waals surface area contributed by atoms with Gasteiger partial charge in [0.05, 0.1) is 0 Å². The maximum Gasteiger partial charge on any atom is 0.171 e. The van der Waals surface area contributed by atoms with Crippen LogP contribution < -0.4 is 10.6 Å². The molecular weight excluding hydrogens is 306 g/mol. The van der Waals surface area contributed by atoms with Crippen molar-refractivity contribution >= 4 is 27.5 Å². The molecule has 1 aliphatic carbocycles. The summed E-state index contributed by atoms with van der Waals surface area (Å²) in [6.45, 7) is 5.52. The van der Waals surface area contributed by atoms with E-state index in [9.17, 15) is 0 Å². The Morgan fingerprint density at radius 2 is 2.21 bits per heavy atom. The standard InChI is InChI=1S/C14H20BrN3O/c1-9(2)8-18(10-3-4-10)11-5-6-12(13(15)7-11)14(16)17-19/h5-7,9-10,19H,3-4,8H2,1-2H3,(H2,16,17). The van der Waals surface area contributed by atoms with Gasteiger partial charge in [0.25, 0.3) is 0 Å². The zero-order chi connectivity index (χ0) is 14.0. The van der Waals surface area contributed by atoms with Crippen molar-refractivity contribution in [2.45, 2.75) is 32.7 Å². The fourth-order valence-electron chi connectivity index (χ4n) is 2.19. The third kappa shape index (κ3) is 3.41. The molecule has 0 aromatic heterocycles. The normalized spacial score (nSPS) is 15.9. The Morgan fingerprint density at radius 3 is 2.68 bits per heavy atom. The van der Waals surface area contributed by atoms with E-state index >= 15 is 0 Å². The summed E-state index contributed by atoms with van der Waals surface area (Å²) < 4.78 is 0.856. The van der Waals surface area contributed by atoms with Crippen LogP contribution in [-0.2, 0) is 0 Å². The number of halogens is 1. The van der Waals surface area contributed by atoms with Gasteiger partial charge in [-0.2, -0.15) is 0 Å². The molecule has 3 N–H and O–H groups in total. The summed E-state index contributed by atoms with van der Waals surface area (Å²) in [6, 6.07) is 6.65. The minimum atomic E-state index is 0.125. The molecule has 1 aliphatic rings. The lowest BCUT2D eigenvalue weighted by Crippen LogP contribution is -2.29. The molecule has 0 atom stereocenters. The fraction of sp³-hybridized carbons (Fsp3) is 0.500. The number of amidine groups is 1. The van der Waals surface area contributed by atoms with Crippen LogP contribution >= 0.6 is 15.9 Å². The highest BCUT2D eigenvalue weighted by atomic mass is 79.9. The Bertz CT molecular complexity index is 484. The minimum Gasteiger partial charge on any atom is -0.409 e. The number of nitrogens with zero attached hydrogens (tertiary/aromatic N) is 2. The van der Waals surface area contributed by atoms with E-state index in [1.165, 1.54) is 18.5 Å². The molecule has 2 rings (SSSR count). The SMILES string of the molecule is CC(C)CN(c1ccc(/C(N)=N/O)c(Br)c1)C1CC1. The van der Waals surface area contributed by atoms with Crippen LogP contribution in [0.2, 0.25) is 0 Å². The van der Waals surface area contributed by atoms with E-state index in [1.54, 1.807) is 0 Å². The van der Waals surface area contributed by atoms with Gasteiger partial charge in [-0.15, -0.1) is 0 Å². The molecule has 1 aromatic rings. The highest BCUT2D eigenvalue weighted by Gasteiger charge is 2.29. The Kier molecular flexibility index (Phi) is 4.34. The van der Waals surface area contributed by atoms with Crippen LogP contribution in [-0.4, -0.2) is 23.6 Å². The average molecular weight is 326 g/mol. The summed E-state index contributed by atoms with van der Waals surface area (Å²) in [4.78, 5) is 2.45.